The standard InChI is InChI=1S/C24H38O4/c1-5-6-7-8-9-10-11-22-12-14-23(15-13-22)16-17-24(4,18-27-20(2)25)19-28-21(3)26/h12-15H,5-11,16-19H2,1-4H3. The molecule has 0 saturated heterocycles. The molecular weight excluding hydrogens is 352 g/mol. The van der Waals surface area contributed by atoms with E-state index in [2.05, 4.69) is 31.2 Å². The van der Waals surface area contributed by atoms with Gasteiger partial charge in [-0.25, -0.2) is 0 Å². The van der Waals surface area contributed by atoms with Crippen molar-refractivity contribution < 1.29 is 19.1 Å². The second kappa shape index (κ2) is 13.4. The Bertz CT molecular complexity index is 559. The third kappa shape index (κ3) is 11.1. The zero-order valence-electron chi connectivity index (χ0n) is 18.2. The summed E-state index contributed by atoms with van der Waals surface area (Å²) in [5.41, 5.74) is 2.26. The van der Waals surface area contributed by atoms with Crippen molar-refractivity contribution in [2.75, 3.05) is 13.2 Å². The highest BCUT2D eigenvalue weighted by atomic mass is 16.5. The van der Waals surface area contributed by atoms with Gasteiger partial charge in [-0.2, -0.15) is 0 Å². The van der Waals surface area contributed by atoms with Gasteiger partial charge >= 0.3 is 11.9 Å². The molecule has 0 N–H and O–H groups in total. The smallest absolute Gasteiger partial charge is 0.302 e. The highest BCUT2D eigenvalue weighted by Gasteiger charge is 2.27. The lowest BCUT2D eigenvalue weighted by Gasteiger charge is -2.28. The monoisotopic (exact) mass is 390 g/mol. The van der Waals surface area contributed by atoms with Gasteiger partial charge in [0.25, 0.3) is 0 Å². The maximum Gasteiger partial charge on any atom is 0.302 e. The minimum atomic E-state index is -0.380. The van der Waals surface area contributed by atoms with Gasteiger partial charge in [0.05, 0.1) is 13.2 Å². The summed E-state index contributed by atoms with van der Waals surface area (Å²) >= 11 is 0. The number of rotatable bonds is 14. The minimum absolute atomic E-state index is 0.256. The van der Waals surface area contributed by atoms with Crippen LogP contribution in [0.3, 0.4) is 0 Å². The average Bonchev–Trinajstić information content (AvgIpc) is 2.67. The zero-order valence-corrected chi connectivity index (χ0v) is 18.2. The van der Waals surface area contributed by atoms with Crippen molar-refractivity contribution >= 4 is 11.9 Å². The third-order valence-electron chi connectivity index (χ3n) is 5.11. The molecule has 0 amide bonds. The van der Waals surface area contributed by atoms with Crippen LogP contribution in [0.15, 0.2) is 24.3 Å². The van der Waals surface area contributed by atoms with Crippen LogP contribution in [0.5, 0.6) is 0 Å². The summed E-state index contributed by atoms with van der Waals surface area (Å²) in [5, 5.41) is 0. The summed E-state index contributed by atoms with van der Waals surface area (Å²) in [4.78, 5) is 22.3. The fraction of sp³-hybridized carbons (Fsp3) is 0.667. The SMILES string of the molecule is CCCCCCCCc1ccc(CCC(C)(COC(C)=O)COC(C)=O)cc1. The van der Waals surface area contributed by atoms with Crippen LogP contribution in [0.1, 0.15) is 83.8 Å². The number of carbonyl (C=O) groups excluding carboxylic acids is 2. The lowest BCUT2D eigenvalue weighted by molar-refractivity contribution is -0.150. The molecule has 0 aromatic heterocycles. The van der Waals surface area contributed by atoms with Crippen LogP contribution in [0, 0.1) is 5.41 Å². The molecule has 0 aliphatic carbocycles. The van der Waals surface area contributed by atoms with E-state index in [4.69, 9.17) is 9.47 Å². The highest BCUT2D eigenvalue weighted by molar-refractivity contribution is 5.66. The normalized spacial score (nSPS) is 11.3. The quantitative estimate of drug-likeness (QED) is 0.304. The van der Waals surface area contributed by atoms with Crippen molar-refractivity contribution in [1.82, 2.24) is 0 Å². The Kier molecular flexibility index (Phi) is 11.5. The van der Waals surface area contributed by atoms with E-state index in [1.807, 2.05) is 6.92 Å². The number of ether oxygens (including phenoxy) is 2. The molecule has 4 heteroatoms. The maximum atomic E-state index is 11.2. The fourth-order valence-corrected chi connectivity index (χ4v) is 3.17. The molecule has 0 fully saturated rings. The summed E-state index contributed by atoms with van der Waals surface area (Å²) in [5.74, 6) is -0.624. The molecule has 0 aliphatic heterocycles. The van der Waals surface area contributed by atoms with Crippen molar-refractivity contribution in [1.29, 1.82) is 0 Å². The van der Waals surface area contributed by atoms with Crippen molar-refractivity contribution in [3.05, 3.63) is 35.4 Å². The van der Waals surface area contributed by atoms with Gasteiger partial charge in [-0.3, -0.25) is 9.59 Å². The van der Waals surface area contributed by atoms with Crippen molar-refractivity contribution in [2.45, 2.75) is 85.5 Å². The number of unbranched alkanes of at least 4 members (excludes halogenated alkanes) is 5. The largest absolute Gasteiger partial charge is 0.465 e. The number of benzene rings is 1. The first kappa shape index (κ1) is 24.2. The van der Waals surface area contributed by atoms with E-state index >= 15 is 0 Å². The number of hydrogen-bond donors (Lipinski definition) is 0. The summed E-state index contributed by atoms with van der Waals surface area (Å²) in [7, 11) is 0. The summed E-state index contributed by atoms with van der Waals surface area (Å²) in [6.07, 6.45) is 10.7. The molecule has 28 heavy (non-hydrogen) atoms. The second-order valence-electron chi connectivity index (χ2n) is 8.21. The Morgan fingerprint density at radius 1 is 0.786 bits per heavy atom. The van der Waals surface area contributed by atoms with Crippen LogP contribution in [-0.2, 0) is 31.9 Å². The van der Waals surface area contributed by atoms with E-state index in [1.165, 1.54) is 63.5 Å². The molecule has 0 spiro atoms. The van der Waals surface area contributed by atoms with Gasteiger partial charge in [0, 0.05) is 19.3 Å². The summed E-state index contributed by atoms with van der Waals surface area (Å²) < 4.78 is 10.4. The lowest BCUT2D eigenvalue weighted by Crippen LogP contribution is -2.31. The van der Waals surface area contributed by atoms with Crippen LogP contribution in [-0.4, -0.2) is 25.2 Å². The first-order valence-electron chi connectivity index (χ1n) is 10.7. The summed E-state index contributed by atoms with van der Waals surface area (Å²) in [6, 6.07) is 8.81. The van der Waals surface area contributed by atoms with Gasteiger partial charge in [-0.1, -0.05) is 70.2 Å². The molecule has 0 heterocycles. The Morgan fingerprint density at radius 2 is 1.25 bits per heavy atom. The zero-order chi connectivity index (χ0) is 20.8. The molecule has 1 rings (SSSR count). The first-order chi connectivity index (χ1) is 13.3. The third-order valence-corrected chi connectivity index (χ3v) is 5.11. The first-order valence-corrected chi connectivity index (χ1v) is 10.7. The van der Waals surface area contributed by atoms with Crippen LogP contribution in [0.2, 0.25) is 0 Å². The predicted octanol–water partition coefficient (Wildman–Crippen LogP) is 5.65. The molecule has 158 valence electrons. The molecule has 0 unspecified atom stereocenters. The summed E-state index contributed by atoms with van der Waals surface area (Å²) in [6.45, 7) is 7.55. The molecule has 0 saturated carbocycles. The van der Waals surface area contributed by atoms with Gasteiger partial charge in [-0.15, -0.1) is 0 Å². The topological polar surface area (TPSA) is 52.6 Å². The van der Waals surface area contributed by atoms with Gasteiger partial charge < -0.3 is 9.47 Å². The van der Waals surface area contributed by atoms with Crippen LogP contribution in [0.4, 0.5) is 0 Å². The molecule has 0 radical (unpaired) electrons. The van der Waals surface area contributed by atoms with E-state index in [1.54, 1.807) is 0 Å². The number of hydrogen-bond acceptors (Lipinski definition) is 4. The van der Waals surface area contributed by atoms with E-state index in [-0.39, 0.29) is 30.6 Å². The van der Waals surface area contributed by atoms with Crippen LogP contribution < -0.4 is 0 Å². The van der Waals surface area contributed by atoms with E-state index < -0.39 is 0 Å². The maximum absolute atomic E-state index is 11.2. The van der Waals surface area contributed by atoms with Gasteiger partial charge in [-0.05, 0) is 36.8 Å². The Labute approximate surface area is 171 Å². The van der Waals surface area contributed by atoms with E-state index in [0.29, 0.717) is 0 Å². The average molecular weight is 391 g/mol. The molecule has 4 nitrogen and oxygen atoms in total. The van der Waals surface area contributed by atoms with E-state index in [9.17, 15) is 9.59 Å². The molecule has 0 aliphatic rings. The fourth-order valence-electron chi connectivity index (χ4n) is 3.17. The van der Waals surface area contributed by atoms with Crippen molar-refractivity contribution in [3.63, 3.8) is 0 Å². The Hall–Kier alpha value is -1.84. The molecular formula is C24H38O4. The van der Waals surface area contributed by atoms with Crippen LogP contribution >= 0.6 is 0 Å². The predicted molar refractivity (Wildman–Crippen MR) is 113 cm³/mol. The number of esters is 2. The highest BCUT2D eigenvalue weighted by Crippen LogP contribution is 2.25. The molecule has 1 aromatic rings. The molecule has 0 atom stereocenters. The lowest BCUT2D eigenvalue weighted by atomic mass is 9.85. The van der Waals surface area contributed by atoms with Crippen molar-refractivity contribution in [3.8, 4) is 0 Å². The Morgan fingerprint density at radius 3 is 1.75 bits per heavy atom. The van der Waals surface area contributed by atoms with Gasteiger partial charge in [0.15, 0.2) is 0 Å². The van der Waals surface area contributed by atoms with Gasteiger partial charge in [0.2, 0.25) is 0 Å². The number of aryl methyl sites for hydroxylation is 2. The van der Waals surface area contributed by atoms with E-state index in [0.717, 1.165) is 19.3 Å². The Balaban J connectivity index is 2.46. The molecule has 0 bridgehead atoms. The van der Waals surface area contributed by atoms with Crippen LogP contribution in [0.25, 0.3) is 0 Å². The van der Waals surface area contributed by atoms with Crippen molar-refractivity contribution in [2.24, 2.45) is 5.41 Å². The molecule has 1 aromatic carbocycles. The number of carbonyl (C=O) groups is 2. The van der Waals surface area contributed by atoms with Gasteiger partial charge in [0.1, 0.15) is 0 Å². The minimum Gasteiger partial charge on any atom is -0.465 e. The second-order valence-corrected chi connectivity index (χ2v) is 8.21.